The van der Waals surface area contributed by atoms with Crippen LogP contribution in [0.15, 0.2) is 18.7 Å². The third-order valence-corrected chi connectivity index (χ3v) is 1.07. The largest absolute Gasteiger partial charge is 0.355 e. The number of imidazole rings is 1. The summed E-state index contributed by atoms with van der Waals surface area (Å²) >= 11 is 0. The predicted octanol–water partition coefficient (Wildman–Crippen LogP) is -0.476. The summed E-state index contributed by atoms with van der Waals surface area (Å²) in [4.78, 5) is 0. The Bertz CT molecular complexity index is 195. The molecule has 0 aliphatic carbocycles. The molecule has 9 heavy (non-hydrogen) atoms. The van der Waals surface area contributed by atoms with E-state index in [1.54, 1.807) is 13.1 Å². The fraction of sp³-hybridized carbons (Fsp3) is 0.400. The first-order valence-electron chi connectivity index (χ1n) is 2.66. The summed E-state index contributed by atoms with van der Waals surface area (Å²) in [7, 11) is 0. The number of aliphatic hydroxyl groups is 1. The Morgan fingerprint density at radius 2 is 2.33 bits per heavy atom. The summed E-state index contributed by atoms with van der Waals surface area (Å²) in [5.41, 5.74) is 0. The molecular weight excluding hydrogens is 120 g/mol. The van der Waals surface area contributed by atoms with Crippen LogP contribution in [0.3, 0.4) is 0 Å². The summed E-state index contributed by atoms with van der Waals surface area (Å²) in [5.74, 6) is 0. The van der Waals surface area contributed by atoms with E-state index in [2.05, 4.69) is 0 Å². The molecule has 0 spiro atoms. The van der Waals surface area contributed by atoms with Gasteiger partial charge in [0.15, 0.2) is 12.4 Å². The smallest absolute Gasteiger partial charge is 0.286 e. The molecule has 0 bridgehead atoms. The lowest BCUT2D eigenvalue weighted by Crippen LogP contribution is -2.35. The van der Waals surface area contributed by atoms with Gasteiger partial charge in [-0.05, 0) is 0 Å². The van der Waals surface area contributed by atoms with E-state index >= 15 is 0 Å². The van der Waals surface area contributed by atoms with Crippen LogP contribution in [-0.2, 0) is 0 Å². The SMILES string of the molecule is CC(O)[n+]1ccn(O)c1. The van der Waals surface area contributed by atoms with Crippen LogP contribution in [0.5, 0.6) is 0 Å². The second-order valence-electron chi connectivity index (χ2n) is 1.87. The summed E-state index contributed by atoms with van der Waals surface area (Å²) in [6, 6.07) is 0. The fourth-order valence-corrected chi connectivity index (χ4v) is 0.580. The van der Waals surface area contributed by atoms with Crippen LogP contribution in [0.4, 0.5) is 0 Å². The van der Waals surface area contributed by atoms with Crippen LogP contribution in [0, 0.1) is 0 Å². The van der Waals surface area contributed by atoms with Crippen LogP contribution in [0.2, 0.25) is 0 Å². The topological polar surface area (TPSA) is 49.3 Å². The standard InChI is InChI=1S/C5H9N2O2/c1-5(8)6-2-3-7(9)4-6/h2-5,8-9H,1H3/q+1. The molecule has 0 amide bonds. The van der Waals surface area contributed by atoms with Crippen molar-refractivity contribution in [3.63, 3.8) is 0 Å². The van der Waals surface area contributed by atoms with Crippen molar-refractivity contribution in [2.45, 2.75) is 13.2 Å². The first-order chi connectivity index (χ1) is 4.20. The van der Waals surface area contributed by atoms with Crippen LogP contribution < -0.4 is 4.57 Å². The van der Waals surface area contributed by atoms with Gasteiger partial charge in [-0.25, -0.2) is 4.57 Å². The van der Waals surface area contributed by atoms with Crippen molar-refractivity contribution in [2.24, 2.45) is 0 Å². The van der Waals surface area contributed by atoms with Crippen molar-refractivity contribution in [1.82, 2.24) is 4.73 Å². The van der Waals surface area contributed by atoms with Gasteiger partial charge in [-0.2, -0.15) is 0 Å². The van der Waals surface area contributed by atoms with Crippen molar-refractivity contribution in [2.75, 3.05) is 0 Å². The maximum Gasteiger partial charge on any atom is 0.286 e. The van der Waals surface area contributed by atoms with Crippen molar-refractivity contribution in [3.8, 4) is 0 Å². The quantitative estimate of drug-likeness (QED) is 0.397. The molecule has 0 saturated carbocycles. The van der Waals surface area contributed by atoms with Crippen LogP contribution >= 0.6 is 0 Å². The highest BCUT2D eigenvalue weighted by atomic mass is 16.5. The second kappa shape index (κ2) is 2.06. The summed E-state index contributed by atoms with van der Waals surface area (Å²) in [6.07, 6.45) is 3.81. The Hall–Kier alpha value is -1.03. The third kappa shape index (κ3) is 1.20. The zero-order valence-corrected chi connectivity index (χ0v) is 5.10. The molecule has 0 aliphatic heterocycles. The third-order valence-electron chi connectivity index (χ3n) is 1.07. The molecule has 4 nitrogen and oxygen atoms in total. The minimum Gasteiger partial charge on any atom is -0.355 e. The number of aliphatic hydroxyl groups excluding tert-OH is 1. The van der Waals surface area contributed by atoms with E-state index < -0.39 is 6.23 Å². The molecule has 0 aromatic carbocycles. The van der Waals surface area contributed by atoms with Gasteiger partial charge in [0.05, 0.1) is 0 Å². The average Bonchev–Trinajstić information content (AvgIpc) is 2.14. The minimum atomic E-state index is -0.585. The number of hydrogen-bond acceptors (Lipinski definition) is 2. The van der Waals surface area contributed by atoms with Crippen LogP contribution in [0.25, 0.3) is 0 Å². The highest BCUT2D eigenvalue weighted by Gasteiger charge is 2.05. The fourth-order valence-electron chi connectivity index (χ4n) is 0.580. The summed E-state index contributed by atoms with van der Waals surface area (Å²) in [6.45, 7) is 1.61. The monoisotopic (exact) mass is 129 g/mol. The van der Waals surface area contributed by atoms with Gasteiger partial charge in [0.2, 0.25) is 0 Å². The Labute approximate surface area is 52.6 Å². The van der Waals surface area contributed by atoms with E-state index in [0.29, 0.717) is 0 Å². The Morgan fingerprint density at radius 1 is 1.67 bits per heavy atom. The van der Waals surface area contributed by atoms with Gasteiger partial charge in [-0.1, -0.05) is 4.73 Å². The normalized spacial score (nSPS) is 13.6. The first-order valence-corrected chi connectivity index (χ1v) is 2.66. The first kappa shape index (κ1) is 6.10. The van der Waals surface area contributed by atoms with Gasteiger partial charge in [-0.15, -0.1) is 0 Å². The van der Waals surface area contributed by atoms with E-state index in [0.717, 1.165) is 4.73 Å². The number of aromatic nitrogens is 2. The van der Waals surface area contributed by atoms with Crippen molar-refractivity contribution in [3.05, 3.63) is 18.7 Å². The highest BCUT2D eigenvalue weighted by molar-refractivity contribution is 4.59. The number of hydrogen-bond donors (Lipinski definition) is 2. The molecule has 1 rings (SSSR count). The predicted molar refractivity (Wildman–Crippen MR) is 28.7 cm³/mol. The van der Waals surface area contributed by atoms with Gasteiger partial charge in [0, 0.05) is 6.92 Å². The highest BCUT2D eigenvalue weighted by Crippen LogP contribution is 1.85. The Morgan fingerprint density at radius 3 is 2.56 bits per heavy atom. The lowest BCUT2D eigenvalue weighted by Gasteiger charge is -1.94. The van der Waals surface area contributed by atoms with Crippen LogP contribution in [0.1, 0.15) is 13.2 Å². The molecule has 1 aromatic heterocycles. The molecule has 1 aromatic rings. The van der Waals surface area contributed by atoms with E-state index in [1.807, 2.05) is 0 Å². The molecule has 0 radical (unpaired) electrons. The summed E-state index contributed by atoms with van der Waals surface area (Å²) < 4.78 is 2.35. The van der Waals surface area contributed by atoms with Crippen LogP contribution in [-0.4, -0.2) is 15.0 Å². The molecule has 2 N–H and O–H groups in total. The van der Waals surface area contributed by atoms with E-state index in [9.17, 15) is 0 Å². The molecule has 1 heterocycles. The molecule has 0 fully saturated rings. The molecule has 4 heteroatoms. The van der Waals surface area contributed by atoms with Gasteiger partial charge < -0.3 is 10.3 Å². The lowest BCUT2D eigenvalue weighted by atomic mass is 10.6. The van der Waals surface area contributed by atoms with Crippen molar-refractivity contribution >= 4 is 0 Å². The van der Waals surface area contributed by atoms with E-state index in [4.69, 9.17) is 10.3 Å². The van der Waals surface area contributed by atoms with Gasteiger partial charge >= 0.3 is 0 Å². The zero-order chi connectivity index (χ0) is 6.85. The van der Waals surface area contributed by atoms with Crippen molar-refractivity contribution in [1.29, 1.82) is 0 Å². The summed E-state index contributed by atoms with van der Waals surface area (Å²) in [5, 5.41) is 17.6. The lowest BCUT2D eigenvalue weighted by molar-refractivity contribution is -0.756. The van der Waals surface area contributed by atoms with E-state index in [1.165, 1.54) is 17.1 Å². The molecule has 1 atom stereocenters. The number of nitrogens with zero attached hydrogens (tertiary/aromatic N) is 2. The van der Waals surface area contributed by atoms with E-state index in [-0.39, 0.29) is 0 Å². The molecule has 1 unspecified atom stereocenters. The minimum absolute atomic E-state index is 0.585. The second-order valence-corrected chi connectivity index (χ2v) is 1.87. The van der Waals surface area contributed by atoms with Crippen molar-refractivity contribution < 1.29 is 14.9 Å². The zero-order valence-electron chi connectivity index (χ0n) is 5.10. The average molecular weight is 129 g/mol. The van der Waals surface area contributed by atoms with Gasteiger partial charge in [-0.3, -0.25) is 0 Å². The maximum atomic E-state index is 8.88. The van der Waals surface area contributed by atoms with Gasteiger partial charge in [0.1, 0.15) is 6.20 Å². The Balaban J connectivity index is 2.85. The Kier molecular flexibility index (Phi) is 1.40. The molecule has 0 saturated heterocycles. The molecule has 0 aliphatic rings. The maximum absolute atomic E-state index is 8.88. The molecule has 50 valence electrons. The number of rotatable bonds is 1. The van der Waals surface area contributed by atoms with Gasteiger partial charge in [0.25, 0.3) is 6.33 Å². The molecular formula is C5H9N2O2+.